The van der Waals surface area contributed by atoms with Crippen molar-refractivity contribution in [3.63, 3.8) is 0 Å². The monoisotopic (exact) mass is 369 g/mol. The third-order valence-electron chi connectivity index (χ3n) is 3.07. The van der Waals surface area contributed by atoms with Crippen molar-refractivity contribution in [1.29, 1.82) is 0 Å². The third-order valence-corrected chi connectivity index (χ3v) is 5.06. The molecule has 0 spiro atoms. The maximum absolute atomic E-state index is 12.4. The summed E-state index contributed by atoms with van der Waals surface area (Å²) in [5.74, 6) is -0.0914. The van der Waals surface area contributed by atoms with E-state index < -0.39 is 12.0 Å². The first-order valence-corrected chi connectivity index (χ1v) is 9.35. The quantitative estimate of drug-likeness (QED) is 0.584. The Bertz CT molecular complexity index is 652. The number of carbonyl (C=O) groups excluding carboxylic acids is 1. The zero-order chi connectivity index (χ0) is 16.8. The molecule has 1 fully saturated rings. The van der Waals surface area contributed by atoms with Gasteiger partial charge in [0.2, 0.25) is 0 Å². The van der Waals surface area contributed by atoms with Gasteiger partial charge in [-0.15, -0.1) is 0 Å². The first-order valence-electron chi connectivity index (χ1n) is 6.73. The van der Waals surface area contributed by atoms with Crippen molar-refractivity contribution in [2.75, 3.05) is 12.0 Å². The summed E-state index contributed by atoms with van der Waals surface area (Å²) in [5.41, 5.74) is 0. The van der Waals surface area contributed by atoms with Crippen LogP contribution in [0.5, 0.6) is 0 Å². The lowest BCUT2D eigenvalue weighted by Gasteiger charge is -2.22. The SMILES string of the molecule is CSCCC(C(=O)O)N1C(=O)C(=CC=Cc2ccco2)SC1=S. The number of hydrogen-bond donors (Lipinski definition) is 1. The van der Waals surface area contributed by atoms with Crippen LogP contribution in [0.25, 0.3) is 6.08 Å². The van der Waals surface area contributed by atoms with Crippen LogP contribution in [0.4, 0.5) is 0 Å². The molecular weight excluding hydrogens is 354 g/mol. The molecule has 0 saturated carbocycles. The molecule has 0 aliphatic carbocycles. The van der Waals surface area contributed by atoms with Crippen LogP contribution in [-0.4, -0.2) is 44.3 Å². The maximum Gasteiger partial charge on any atom is 0.326 e. The molecule has 0 radical (unpaired) electrons. The number of furan rings is 1. The average Bonchev–Trinajstić information content (AvgIpc) is 3.11. The molecule has 5 nitrogen and oxygen atoms in total. The van der Waals surface area contributed by atoms with Gasteiger partial charge in [0, 0.05) is 0 Å². The predicted molar refractivity (Wildman–Crippen MR) is 97.3 cm³/mol. The van der Waals surface area contributed by atoms with Gasteiger partial charge in [-0.3, -0.25) is 9.69 Å². The summed E-state index contributed by atoms with van der Waals surface area (Å²) in [5, 5.41) is 9.37. The van der Waals surface area contributed by atoms with Gasteiger partial charge < -0.3 is 9.52 Å². The first kappa shape index (κ1) is 17.8. The number of hydrogen-bond acceptors (Lipinski definition) is 6. The van der Waals surface area contributed by atoms with Crippen molar-refractivity contribution in [2.24, 2.45) is 0 Å². The molecular formula is C15H15NO4S3. The highest BCUT2D eigenvalue weighted by molar-refractivity contribution is 8.26. The van der Waals surface area contributed by atoms with Gasteiger partial charge in [0.15, 0.2) is 0 Å². The van der Waals surface area contributed by atoms with Gasteiger partial charge in [-0.1, -0.05) is 30.1 Å². The molecule has 23 heavy (non-hydrogen) atoms. The highest BCUT2D eigenvalue weighted by atomic mass is 32.2. The second-order valence-corrected chi connectivity index (χ2v) is 7.25. The Balaban J connectivity index is 2.13. The summed E-state index contributed by atoms with van der Waals surface area (Å²) in [6, 6.07) is 2.63. The fourth-order valence-electron chi connectivity index (χ4n) is 1.97. The summed E-state index contributed by atoms with van der Waals surface area (Å²) in [6.07, 6.45) is 8.83. The van der Waals surface area contributed by atoms with E-state index in [1.54, 1.807) is 36.6 Å². The first-order chi connectivity index (χ1) is 11.0. The van der Waals surface area contributed by atoms with E-state index in [9.17, 15) is 14.7 Å². The maximum atomic E-state index is 12.4. The van der Waals surface area contributed by atoms with Crippen LogP contribution in [0.3, 0.4) is 0 Å². The standard InChI is InChI=1S/C15H15NO4S3/c1-22-9-7-11(14(18)19)16-13(17)12(23-15(16)21)6-2-4-10-5-3-8-20-10/h2-6,8,11H,7,9H2,1H3,(H,18,19). The van der Waals surface area contributed by atoms with Crippen molar-refractivity contribution in [3.05, 3.63) is 41.2 Å². The Morgan fingerprint density at radius 3 is 3.00 bits per heavy atom. The molecule has 1 saturated heterocycles. The molecule has 1 aromatic rings. The smallest absolute Gasteiger partial charge is 0.326 e. The lowest BCUT2D eigenvalue weighted by molar-refractivity contribution is -0.145. The van der Waals surface area contributed by atoms with Crippen LogP contribution in [0.1, 0.15) is 12.2 Å². The second kappa shape index (κ2) is 8.37. The fraction of sp³-hybridized carbons (Fsp3) is 0.267. The summed E-state index contributed by atoms with van der Waals surface area (Å²) in [7, 11) is 0. The number of thioether (sulfide) groups is 2. The Labute approximate surface area is 147 Å². The molecule has 2 rings (SSSR count). The number of carboxylic acids is 1. The molecule has 1 aliphatic rings. The van der Waals surface area contributed by atoms with Crippen LogP contribution in [0, 0.1) is 0 Å². The lowest BCUT2D eigenvalue weighted by atomic mass is 10.2. The molecule has 1 aliphatic heterocycles. The zero-order valence-electron chi connectivity index (χ0n) is 12.3. The number of allylic oxidation sites excluding steroid dienone is 2. The minimum absolute atomic E-state index is 0.279. The van der Waals surface area contributed by atoms with Crippen LogP contribution >= 0.6 is 35.7 Å². The zero-order valence-corrected chi connectivity index (χ0v) is 14.7. The molecule has 0 aromatic carbocycles. The van der Waals surface area contributed by atoms with E-state index in [2.05, 4.69) is 0 Å². The molecule has 8 heteroatoms. The second-order valence-electron chi connectivity index (χ2n) is 4.58. The van der Waals surface area contributed by atoms with Gasteiger partial charge in [0.25, 0.3) is 5.91 Å². The topological polar surface area (TPSA) is 70.8 Å². The summed E-state index contributed by atoms with van der Waals surface area (Å²) in [4.78, 5) is 25.5. The van der Waals surface area contributed by atoms with Gasteiger partial charge >= 0.3 is 5.97 Å². The summed E-state index contributed by atoms with van der Waals surface area (Å²) in [6.45, 7) is 0. The minimum Gasteiger partial charge on any atom is -0.480 e. The number of thiocarbonyl (C=S) groups is 1. The highest BCUT2D eigenvalue weighted by Gasteiger charge is 2.39. The summed E-state index contributed by atoms with van der Waals surface area (Å²) >= 11 is 7.83. The number of carbonyl (C=O) groups is 2. The van der Waals surface area contributed by atoms with Gasteiger partial charge in [-0.2, -0.15) is 11.8 Å². The van der Waals surface area contributed by atoms with E-state index in [-0.39, 0.29) is 10.2 Å². The number of nitrogens with zero attached hydrogens (tertiary/aromatic N) is 1. The van der Waals surface area contributed by atoms with E-state index >= 15 is 0 Å². The predicted octanol–water partition coefficient (Wildman–Crippen LogP) is 3.24. The Morgan fingerprint density at radius 1 is 1.61 bits per heavy atom. The number of amides is 1. The molecule has 1 aromatic heterocycles. The number of carboxylic acid groups (broad SMARTS) is 1. The van der Waals surface area contributed by atoms with Gasteiger partial charge in [-0.05, 0) is 42.7 Å². The van der Waals surface area contributed by atoms with Crippen molar-refractivity contribution in [3.8, 4) is 0 Å². The molecule has 0 bridgehead atoms. The van der Waals surface area contributed by atoms with E-state index in [1.165, 1.54) is 16.7 Å². The molecule has 1 N–H and O–H groups in total. The molecule has 1 unspecified atom stereocenters. The summed E-state index contributed by atoms with van der Waals surface area (Å²) < 4.78 is 5.44. The van der Waals surface area contributed by atoms with Crippen molar-refractivity contribution in [2.45, 2.75) is 12.5 Å². The minimum atomic E-state index is -1.04. The number of rotatable bonds is 7. The molecule has 122 valence electrons. The van der Waals surface area contributed by atoms with Crippen LogP contribution in [0.2, 0.25) is 0 Å². The van der Waals surface area contributed by atoms with Gasteiger partial charge in [-0.25, -0.2) is 4.79 Å². The lowest BCUT2D eigenvalue weighted by Crippen LogP contribution is -2.44. The van der Waals surface area contributed by atoms with Crippen molar-refractivity contribution >= 4 is 58.0 Å². The van der Waals surface area contributed by atoms with Crippen LogP contribution in [0.15, 0.2) is 39.9 Å². The largest absolute Gasteiger partial charge is 0.480 e. The highest BCUT2D eigenvalue weighted by Crippen LogP contribution is 2.33. The van der Waals surface area contributed by atoms with E-state index in [0.29, 0.717) is 22.8 Å². The molecule has 2 heterocycles. The Morgan fingerprint density at radius 2 is 2.39 bits per heavy atom. The van der Waals surface area contributed by atoms with Gasteiger partial charge in [0.1, 0.15) is 16.1 Å². The molecule has 1 amide bonds. The van der Waals surface area contributed by atoms with Crippen molar-refractivity contribution in [1.82, 2.24) is 4.90 Å². The normalized spacial score (nSPS) is 18.3. The Hall–Kier alpha value is -1.51. The average molecular weight is 369 g/mol. The third kappa shape index (κ3) is 4.49. The number of aliphatic carboxylic acids is 1. The Kier molecular flexibility index (Phi) is 6.49. The molecule has 1 atom stereocenters. The van der Waals surface area contributed by atoms with E-state index in [1.807, 2.05) is 6.26 Å². The van der Waals surface area contributed by atoms with Crippen molar-refractivity contribution < 1.29 is 19.1 Å². The van der Waals surface area contributed by atoms with Gasteiger partial charge in [0.05, 0.1) is 11.2 Å². The fourth-order valence-corrected chi connectivity index (χ4v) is 3.74. The van der Waals surface area contributed by atoms with Crippen LogP contribution < -0.4 is 0 Å². The van der Waals surface area contributed by atoms with Crippen LogP contribution in [-0.2, 0) is 9.59 Å². The van der Waals surface area contributed by atoms with E-state index in [0.717, 1.165) is 11.8 Å². The van der Waals surface area contributed by atoms with E-state index in [4.69, 9.17) is 16.6 Å².